The van der Waals surface area contributed by atoms with E-state index in [1.54, 1.807) is 12.5 Å². The Hall–Kier alpha value is -2.43. The van der Waals surface area contributed by atoms with Gasteiger partial charge in [-0.05, 0) is 12.2 Å². The number of allylic oxidation sites excluding steroid dienone is 4. The Morgan fingerprint density at radius 2 is 2.12 bits per heavy atom. The molecule has 78 valence electrons. The maximum atomic E-state index is 4.23. The van der Waals surface area contributed by atoms with Gasteiger partial charge >= 0.3 is 0 Å². The van der Waals surface area contributed by atoms with E-state index in [0.29, 0.717) is 0 Å². The van der Waals surface area contributed by atoms with E-state index in [2.05, 4.69) is 20.3 Å². The van der Waals surface area contributed by atoms with E-state index in [1.807, 2.05) is 35.1 Å². The molecule has 5 heteroatoms. The lowest BCUT2D eigenvalue weighted by molar-refractivity contribution is 0.994. The SMILES string of the molecule is C1=CC=C(n2cnc3cncnc32)NC=C1. The first kappa shape index (κ1) is 8.84. The molecule has 3 rings (SSSR count). The maximum Gasteiger partial charge on any atom is 0.168 e. The minimum atomic E-state index is 0.780. The van der Waals surface area contributed by atoms with Gasteiger partial charge in [-0.1, -0.05) is 12.2 Å². The summed E-state index contributed by atoms with van der Waals surface area (Å²) in [4.78, 5) is 12.4. The highest BCUT2D eigenvalue weighted by Gasteiger charge is 2.06. The number of aromatic nitrogens is 4. The Kier molecular flexibility index (Phi) is 2.00. The van der Waals surface area contributed by atoms with Crippen LogP contribution in [-0.4, -0.2) is 19.5 Å². The molecule has 2 aromatic rings. The van der Waals surface area contributed by atoms with Crippen LogP contribution in [0.1, 0.15) is 0 Å². The van der Waals surface area contributed by atoms with E-state index in [-0.39, 0.29) is 0 Å². The van der Waals surface area contributed by atoms with Gasteiger partial charge in [0.1, 0.15) is 24.0 Å². The van der Waals surface area contributed by atoms with Crippen LogP contribution in [0.15, 0.2) is 49.4 Å². The molecule has 0 aromatic carbocycles. The number of nitrogens with one attached hydrogen (secondary N) is 1. The normalized spacial score (nSPS) is 14.6. The lowest BCUT2D eigenvalue weighted by atomic mass is 10.4. The number of hydrogen-bond donors (Lipinski definition) is 1. The van der Waals surface area contributed by atoms with Crippen molar-refractivity contribution in [2.75, 3.05) is 0 Å². The van der Waals surface area contributed by atoms with Gasteiger partial charge in [0, 0.05) is 6.20 Å². The van der Waals surface area contributed by atoms with Crippen molar-refractivity contribution in [3.05, 3.63) is 49.4 Å². The van der Waals surface area contributed by atoms with Crippen molar-refractivity contribution in [2.24, 2.45) is 0 Å². The van der Waals surface area contributed by atoms with Crippen molar-refractivity contribution in [3.63, 3.8) is 0 Å². The molecule has 0 atom stereocenters. The zero-order chi connectivity index (χ0) is 10.8. The van der Waals surface area contributed by atoms with Crippen molar-refractivity contribution in [1.82, 2.24) is 24.8 Å². The van der Waals surface area contributed by atoms with Crippen LogP contribution in [0.5, 0.6) is 0 Å². The number of rotatable bonds is 1. The topological polar surface area (TPSA) is 55.6 Å². The van der Waals surface area contributed by atoms with Crippen LogP contribution in [0.2, 0.25) is 0 Å². The van der Waals surface area contributed by atoms with Gasteiger partial charge in [0.15, 0.2) is 5.65 Å². The molecule has 1 aliphatic heterocycles. The van der Waals surface area contributed by atoms with E-state index < -0.39 is 0 Å². The molecule has 5 nitrogen and oxygen atoms in total. The molecule has 0 unspecified atom stereocenters. The van der Waals surface area contributed by atoms with Crippen LogP contribution < -0.4 is 5.32 Å². The predicted octanol–water partition coefficient (Wildman–Crippen LogP) is 1.30. The Morgan fingerprint density at radius 3 is 3.12 bits per heavy atom. The van der Waals surface area contributed by atoms with Gasteiger partial charge in [-0.15, -0.1) is 0 Å². The second-order valence-corrected chi connectivity index (χ2v) is 3.29. The van der Waals surface area contributed by atoms with Crippen LogP contribution >= 0.6 is 0 Å². The summed E-state index contributed by atoms with van der Waals surface area (Å²) in [5.74, 6) is 0.909. The molecule has 0 saturated carbocycles. The third kappa shape index (κ3) is 1.38. The molecule has 16 heavy (non-hydrogen) atoms. The quantitative estimate of drug-likeness (QED) is 0.772. The van der Waals surface area contributed by atoms with E-state index in [1.165, 1.54) is 6.33 Å². The summed E-state index contributed by atoms with van der Waals surface area (Å²) in [6.07, 6.45) is 14.6. The highest BCUT2D eigenvalue weighted by molar-refractivity contribution is 5.74. The van der Waals surface area contributed by atoms with Gasteiger partial charge in [0.05, 0.1) is 6.20 Å². The molecule has 1 N–H and O–H groups in total. The minimum absolute atomic E-state index is 0.780. The molecule has 0 bridgehead atoms. The lowest BCUT2D eigenvalue weighted by Gasteiger charge is -2.06. The monoisotopic (exact) mass is 211 g/mol. The Morgan fingerprint density at radius 1 is 1.12 bits per heavy atom. The third-order valence-electron chi connectivity index (χ3n) is 2.28. The van der Waals surface area contributed by atoms with Crippen LogP contribution in [0.25, 0.3) is 17.0 Å². The largest absolute Gasteiger partial charge is 0.348 e. The van der Waals surface area contributed by atoms with Crippen LogP contribution in [-0.2, 0) is 0 Å². The van der Waals surface area contributed by atoms with E-state index in [4.69, 9.17) is 0 Å². The summed E-state index contributed by atoms with van der Waals surface area (Å²) in [5.41, 5.74) is 1.57. The second-order valence-electron chi connectivity index (χ2n) is 3.29. The van der Waals surface area contributed by atoms with Gasteiger partial charge in [0.2, 0.25) is 0 Å². The number of hydrogen-bond acceptors (Lipinski definition) is 4. The van der Waals surface area contributed by atoms with Gasteiger partial charge in [-0.3, -0.25) is 4.57 Å². The average Bonchev–Trinajstić information content (AvgIpc) is 2.57. The zero-order valence-electron chi connectivity index (χ0n) is 8.41. The molecular weight excluding hydrogens is 202 g/mol. The molecule has 0 fully saturated rings. The molecule has 0 radical (unpaired) electrons. The first-order chi connectivity index (χ1) is 7.95. The maximum absolute atomic E-state index is 4.23. The van der Waals surface area contributed by atoms with Gasteiger partial charge in [0.25, 0.3) is 0 Å². The van der Waals surface area contributed by atoms with Crippen molar-refractivity contribution in [3.8, 4) is 0 Å². The van der Waals surface area contributed by atoms with Gasteiger partial charge in [-0.2, -0.15) is 0 Å². The number of nitrogens with zero attached hydrogens (tertiary/aromatic N) is 4. The first-order valence-corrected chi connectivity index (χ1v) is 4.88. The number of fused-ring (bicyclic) bond motifs is 1. The van der Waals surface area contributed by atoms with E-state index >= 15 is 0 Å². The molecule has 1 aliphatic rings. The third-order valence-corrected chi connectivity index (χ3v) is 2.28. The highest BCUT2D eigenvalue weighted by atomic mass is 15.2. The fourth-order valence-corrected chi connectivity index (χ4v) is 1.54. The first-order valence-electron chi connectivity index (χ1n) is 4.88. The molecule has 2 aromatic heterocycles. The Labute approximate surface area is 91.9 Å². The Bertz CT molecular complexity index is 606. The molecule has 0 aliphatic carbocycles. The van der Waals surface area contributed by atoms with Crippen molar-refractivity contribution >= 4 is 17.0 Å². The smallest absolute Gasteiger partial charge is 0.168 e. The Balaban J connectivity index is 2.15. The summed E-state index contributed by atoms with van der Waals surface area (Å²) in [6.45, 7) is 0. The summed E-state index contributed by atoms with van der Waals surface area (Å²) in [6, 6.07) is 0. The van der Waals surface area contributed by atoms with Crippen molar-refractivity contribution in [1.29, 1.82) is 0 Å². The van der Waals surface area contributed by atoms with E-state index in [0.717, 1.165) is 17.0 Å². The summed E-state index contributed by atoms with van der Waals surface area (Å²) in [7, 11) is 0. The molecule has 0 spiro atoms. The standard InChI is InChI=1S/C11H9N5/c1-2-4-10(13-5-3-1)16-8-15-9-6-12-7-14-11(9)16/h1-8,13H. The average molecular weight is 211 g/mol. The van der Waals surface area contributed by atoms with E-state index in [9.17, 15) is 0 Å². The molecule has 0 saturated heterocycles. The summed E-state index contributed by atoms with van der Waals surface area (Å²) in [5, 5.41) is 3.16. The van der Waals surface area contributed by atoms with Crippen molar-refractivity contribution in [2.45, 2.75) is 0 Å². The number of imidazole rings is 1. The van der Waals surface area contributed by atoms with Crippen molar-refractivity contribution < 1.29 is 0 Å². The molecule has 3 heterocycles. The summed E-state index contributed by atoms with van der Waals surface area (Å²) < 4.78 is 1.89. The summed E-state index contributed by atoms with van der Waals surface area (Å²) >= 11 is 0. The van der Waals surface area contributed by atoms with Gasteiger partial charge < -0.3 is 5.32 Å². The zero-order valence-corrected chi connectivity index (χ0v) is 8.41. The molecule has 0 amide bonds. The van der Waals surface area contributed by atoms with Crippen LogP contribution in [0.3, 0.4) is 0 Å². The predicted molar refractivity (Wildman–Crippen MR) is 61.0 cm³/mol. The second kappa shape index (κ2) is 3.62. The van der Waals surface area contributed by atoms with Crippen LogP contribution in [0.4, 0.5) is 0 Å². The molecular formula is C11H9N5. The fourth-order valence-electron chi connectivity index (χ4n) is 1.54. The van der Waals surface area contributed by atoms with Crippen LogP contribution in [0, 0.1) is 0 Å². The lowest BCUT2D eigenvalue weighted by Crippen LogP contribution is -2.10. The highest BCUT2D eigenvalue weighted by Crippen LogP contribution is 2.12. The minimum Gasteiger partial charge on any atom is -0.348 e. The van der Waals surface area contributed by atoms with Gasteiger partial charge in [-0.25, -0.2) is 15.0 Å². The fraction of sp³-hybridized carbons (Fsp3) is 0.